The molecule has 2 aromatic carbocycles. The Bertz CT molecular complexity index is 1080. The summed E-state index contributed by atoms with van der Waals surface area (Å²) in [7, 11) is 0. The van der Waals surface area contributed by atoms with E-state index in [0.717, 1.165) is 50.2 Å². The van der Waals surface area contributed by atoms with Gasteiger partial charge in [0.25, 0.3) is 0 Å². The Balaban J connectivity index is 1.88. The van der Waals surface area contributed by atoms with Gasteiger partial charge in [-0.3, -0.25) is 0 Å². The van der Waals surface area contributed by atoms with Crippen LogP contribution in [-0.2, 0) is 11.2 Å². The largest absolute Gasteiger partial charge is 0.478 e. The van der Waals surface area contributed by atoms with Crippen LogP contribution in [0.15, 0.2) is 89.7 Å². The van der Waals surface area contributed by atoms with Crippen LogP contribution in [0.4, 0.5) is 11.4 Å². The highest BCUT2D eigenvalue weighted by molar-refractivity contribution is 5.87. The van der Waals surface area contributed by atoms with E-state index in [9.17, 15) is 9.59 Å². The third kappa shape index (κ3) is 12.1. The van der Waals surface area contributed by atoms with Crippen LogP contribution in [0, 0.1) is 0 Å². The van der Waals surface area contributed by atoms with Crippen molar-refractivity contribution in [3.8, 4) is 5.75 Å². The number of azo groups is 1. The fourth-order valence-electron chi connectivity index (χ4n) is 3.64. The molecule has 0 aliphatic heterocycles. The molecule has 0 radical (unpaired) electrons. The number of hydrogen-bond acceptors (Lipinski definition) is 5. The zero-order chi connectivity index (χ0) is 26.7. The fourth-order valence-corrected chi connectivity index (χ4v) is 3.64. The summed E-state index contributed by atoms with van der Waals surface area (Å²) in [4.78, 5) is 22.6. The van der Waals surface area contributed by atoms with Crippen molar-refractivity contribution in [2.24, 2.45) is 10.2 Å². The molecule has 0 saturated heterocycles. The lowest BCUT2D eigenvalue weighted by Gasteiger charge is -2.08. The standard InChI is InChI=1S/C31H38N2O4/c1-3-5-6-7-8-9-10-11-12-13-14-15-16-17-26-24-28(37-30(34)4-2)22-23-29(26)33-32-27-20-18-25(19-21-27)31(35)36/h4,6-7,9-10,18-24H,2-3,5,8,11-17H2,1H3,(H,35,36)/b7-6+,10-9+,33-32?. The highest BCUT2D eigenvalue weighted by Gasteiger charge is 2.08. The second-order valence-corrected chi connectivity index (χ2v) is 8.74. The molecule has 196 valence electrons. The summed E-state index contributed by atoms with van der Waals surface area (Å²) in [5.74, 6) is -1.05. The van der Waals surface area contributed by atoms with E-state index in [4.69, 9.17) is 9.84 Å². The van der Waals surface area contributed by atoms with Crippen LogP contribution in [0.2, 0.25) is 0 Å². The van der Waals surface area contributed by atoms with Gasteiger partial charge in [0.05, 0.1) is 16.9 Å². The average Bonchev–Trinajstić information content (AvgIpc) is 2.91. The smallest absolute Gasteiger partial charge is 0.335 e. The van der Waals surface area contributed by atoms with E-state index in [2.05, 4.69) is 48.0 Å². The molecule has 0 atom stereocenters. The molecule has 1 N–H and O–H groups in total. The first kappa shape index (κ1) is 29.4. The number of unbranched alkanes of at least 4 members (excludes halogenated alkanes) is 6. The van der Waals surface area contributed by atoms with Crippen molar-refractivity contribution in [3.63, 3.8) is 0 Å². The van der Waals surface area contributed by atoms with Crippen LogP contribution >= 0.6 is 0 Å². The molecule has 0 saturated carbocycles. The normalized spacial score (nSPS) is 11.5. The maximum absolute atomic E-state index is 11.6. The molecule has 0 spiro atoms. The number of rotatable bonds is 17. The second kappa shape index (κ2) is 17.6. The van der Waals surface area contributed by atoms with Gasteiger partial charge in [0.15, 0.2) is 0 Å². The molecular formula is C31H38N2O4. The van der Waals surface area contributed by atoms with E-state index < -0.39 is 11.9 Å². The summed E-state index contributed by atoms with van der Waals surface area (Å²) in [6.45, 7) is 5.63. The van der Waals surface area contributed by atoms with Crippen molar-refractivity contribution >= 4 is 23.3 Å². The van der Waals surface area contributed by atoms with E-state index in [1.807, 2.05) is 6.07 Å². The molecule has 0 bridgehead atoms. The summed E-state index contributed by atoms with van der Waals surface area (Å²) in [6, 6.07) is 11.5. The minimum Gasteiger partial charge on any atom is -0.478 e. The first-order chi connectivity index (χ1) is 18.0. The molecule has 0 aliphatic rings. The number of esters is 1. The minimum absolute atomic E-state index is 0.198. The van der Waals surface area contributed by atoms with Gasteiger partial charge in [-0.2, -0.15) is 10.2 Å². The highest BCUT2D eigenvalue weighted by atomic mass is 16.5. The molecule has 0 aromatic heterocycles. The van der Waals surface area contributed by atoms with Crippen LogP contribution in [0.5, 0.6) is 5.75 Å². The van der Waals surface area contributed by atoms with Crippen molar-refractivity contribution in [3.05, 3.63) is 90.6 Å². The van der Waals surface area contributed by atoms with Gasteiger partial charge in [-0.1, -0.05) is 63.5 Å². The van der Waals surface area contributed by atoms with Crippen molar-refractivity contribution in [2.45, 2.75) is 71.1 Å². The van der Waals surface area contributed by atoms with Crippen LogP contribution < -0.4 is 4.74 Å². The molecule has 0 amide bonds. The number of allylic oxidation sites excluding steroid dienone is 4. The maximum atomic E-state index is 11.6. The number of aryl methyl sites for hydroxylation is 1. The number of carbonyl (C=O) groups is 2. The number of benzene rings is 2. The van der Waals surface area contributed by atoms with E-state index in [-0.39, 0.29) is 5.56 Å². The summed E-state index contributed by atoms with van der Waals surface area (Å²) < 4.78 is 5.28. The van der Waals surface area contributed by atoms with Gasteiger partial charge < -0.3 is 9.84 Å². The minimum atomic E-state index is -0.984. The number of nitrogens with zero attached hydrogens (tertiary/aromatic N) is 2. The zero-order valence-electron chi connectivity index (χ0n) is 21.8. The van der Waals surface area contributed by atoms with Gasteiger partial charge in [-0.05, 0) is 86.6 Å². The van der Waals surface area contributed by atoms with Crippen LogP contribution in [-0.4, -0.2) is 17.0 Å². The Labute approximate surface area is 220 Å². The molecule has 2 rings (SSSR count). The molecule has 0 unspecified atom stereocenters. The van der Waals surface area contributed by atoms with Crippen molar-refractivity contribution in [1.29, 1.82) is 0 Å². The summed E-state index contributed by atoms with van der Waals surface area (Å²) in [5.41, 5.74) is 2.39. The number of ether oxygens (including phenoxy) is 1. The molecule has 6 nitrogen and oxygen atoms in total. The van der Waals surface area contributed by atoms with E-state index in [0.29, 0.717) is 17.1 Å². The monoisotopic (exact) mass is 502 g/mol. The summed E-state index contributed by atoms with van der Waals surface area (Å²) in [6.07, 6.45) is 21.1. The lowest BCUT2D eigenvalue weighted by molar-refractivity contribution is -0.128. The van der Waals surface area contributed by atoms with Crippen LogP contribution in [0.25, 0.3) is 0 Å². The average molecular weight is 503 g/mol. The zero-order valence-corrected chi connectivity index (χ0v) is 21.8. The van der Waals surface area contributed by atoms with Crippen molar-refractivity contribution in [1.82, 2.24) is 0 Å². The predicted octanol–water partition coefficient (Wildman–Crippen LogP) is 9.08. The molecular weight excluding hydrogens is 464 g/mol. The maximum Gasteiger partial charge on any atom is 0.335 e. The number of carbonyl (C=O) groups excluding carboxylic acids is 1. The lowest BCUT2D eigenvalue weighted by Crippen LogP contribution is -2.03. The Morgan fingerprint density at radius 3 is 2.30 bits per heavy atom. The Morgan fingerprint density at radius 1 is 0.892 bits per heavy atom. The SMILES string of the molecule is C=CC(=O)Oc1ccc(N=Nc2ccc(C(=O)O)cc2)c(CCCCCCC/C=C/C/C=C/CCC)c1. The van der Waals surface area contributed by atoms with Gasteiger partial charge in [0, 0.05) is 6.08 Å². The van der Waals surface area contributed by atoms with E-state index in [1.54, 1.807) is 24.3 Å². The van der Waals surface area contributed by atoms with Gasteiger partial charge in [-0.25, -0.2) is 9.59 Å². The Kier molecular flexibility index (Phi) is 14.0. The van der Waals surface area contributed by atoms with Gasteiger partial charge >= 0.3 is 11.9 Å². The predicted molar refractivity (Wildman–Crippen MR) is 149 cm³/mol. The van der Waals surface area contributed by atoms with Gasteiger partial charge in [-0.15, -0.1) is 0 Å². The second-order valence-electron chi connectivity index (χ2n) is 8.74. The number of hydrogen-bond donors (Lipinski definition) is 1. The van der Waals surface area contributed by atoms with Gasteiger partial charge in [0.1, 0.15) is 5.75 Å². The Hall–Kier alpha value is -3.80. The fraction of sp³-hybridized carbons (Fsp3) is 0.355. The van der Waals surface area contributed by atoms with Crippen molar-refractivity contribution in [2.75, 3.05) is 0 Å². The molecule has 37 heavy (non-hydrogen) atoms. The van der Waals surface area contributed by atoms with Crippen LogP contribution in [0.3, 0.4) is 0 Å². The molecule has 0 heterocycles. The first-order valence-corrected chi connectivity index (χ1v) is 13.1. The lowest BCUT2D eigenvalue weighted by atomic mass is 10.0. The third-order valence-corrected chi connectivity index (χ3v) is 5.70. The molecule has 0 aliphatic carbocycles. The van der Waals surface area contributed by atoms with Gasteiger partial charge in [0.2, 0.25) is 0 Å². The summed E-state index contributed by atoms with van der Waals surface area (Å²) >= 11 is 0. The third-order valence-electron chi connectivity index (χ3n) is 5.70. The first-order valence-electron chi connectivity index (χ1n) is 13.1. The topological polar surface area (TPSA) is 88.3 Å². The number of carboxylic acids is 1. The number of aromatic carboxylic acids is 1. The molecule has 6 heteroatoms. The summed E-state index contributed by atoms with van der Waals surface area (Å²) in [5, 5.41) is 17.7. The quantitative estimate of drug-likeness (QED) is 0.0583. The highest BCUT2D eigenvalue weighted by Crippen LogP contribution is 2.28. The molecule has 0 fully saturated rings. The molecule has 2 aromatic rings. The number of carboxylic acid groups (broad SMARTS) is 1. The van der Waals surface area contributed by atoms with Crippen LogP contribution in [0.1, 0.15) is 80.6 Å². The Morgan fingerprint density at radius 2 is 1.59 bits per heavy atom. The van der Waals surface area contributed by atoms with Crippen molar-refractivity contribution < 1.29 is 19.4 Å². The van der Waals surface area contributed by atoms with E-state index >= 15 is 0 Å². The van der Waals surface area contributed by atoms with E-state index in [1.165, 1.54) is 37.8 Å².